The number of alkyl halides is 1. The van der Waals surface area contributed by atoms with Crippen LogP contribution < -0.4 is 4.74 Å². The molecule has 2 N–H and O–H groups in total. The number of aromatic amines is 1. The third-order valence-electron chi connectivity index (χ3n) is 5.90. The van der Waals surface area contributed by atoms with E-state index in [0.29, 0.717) is 22.3 Å². The summed E-state index contributed by atoms with van der Waals surface area (Å²) < 4.78 is 56.9. The van der Waals surface area contributed by atoms with Gasteiger partial charge in [0, 0.05) is 47.2 Å². The topological polar surface area (TPSA) is 89.4 Å². The lowest BCUT2D eigenvalue weighted by atomic mass is 9.85. The molecule has 0 amide bonds. The molecule has 4 aromatic rings. The summed E-state index contributed by atoms with van der Waals surface area (Å²) in [6, 6.07) is 5.84. The van der Waals surface area contributed by atoms with Crippen LogP contribution in [0, 0.1) is 11.6 Å². The number of methoxy groups -OCH3 is 2. The summed E-state index contributed by atoms with van der Waals surface area (Å²) in [5, 5.41) is 16.3. The fraction of sp³-hybridized carbons (Fsp3) is 0.333. The van der Waals surface area contributed by atoms with E-state index in [1.807, 2.05) is 13.8 Å². The van der Waals surface area contributed by atoms with Crippen molar-refractivity contribution < 1.29 is 32.5 Å². The predicted octanol–water partition coefficient (Wildman–Crippen LogP) is 4.68. The Balaban J connectivity index is 2.19. The van der Waals surface area contributed by atoms with E-state index in [2.05, 4.69) is 10.2 Å². The van der Waals surface area contributed by atoms with Gasteiger partial charge in [0.05, 0.1) is 25.4 Å². The molecule has 34 heavy (non-hydrogen) atoms. The Labute approximate surface area is 193 Å². The third kappa shape index (κ3) is 3.77. The predicted molar refractivity (Wildman–Crippen MR) is 121 cm³/mol. The molecule has 0 saturated carbocycles. The number of aliphatic carboxylic acids is 1. The molecule has 1 atom stereocenters. The zero-order valence-electron chi connectivity index (χ0n) is 19.1. The van der Waals surface area contributed by atoms with Crippen molar-refractivity contribution in [1.82, 2.24) is 14.8 Å². The van der Waals surface area contributed by atoms with Crippen molar-refractivity contribution in [3.05, 3.63) is 53.4 Å². The number of carboxylic acids is 1. The Bertz CT molecular complexity index is 1390. The third-order valence-corrected chi connectivity index (χ3v) is 5.90. The van der Waals surface area contributed by atoms with Crippen molar-refractivity contribution in [2.24, 2.45) is 0 Å². The van der Waals surface area contributed by atoms with Crippen LogP contribution >= 0.6 is 0 Å². The van der Waals surface area contributed by atoms with Crippen molar-refractivity contribution in [1.29, 1.82) is 0 Å². The number of fused-ring (bicyclic) bond motifs is 2. The number of aromatic nitrogens is 3. The van der Waals surface area contributed by atoms with E-state index < -0.39 is 35.6 Å². The Hall–Kier alpha value is -3.53. The molecule has 0 bridgehead atoms. The second-order valence-electron chi connectivity index (χ2n) is 8.73. The van der Waals surface area contributed by atoms with E-state index >= 15 is 4.39 Å². The second kappa shape index (κ2) is 8.68. The lowest BCUT2D eigenvalue weighted by Crippen LogP contribution is -2.29. The minimum Gasteiger partial charge on any atom is -0.494 e. The molecule has 180 valence electrons. The highest BCUT2D eigenvalue weighted by atomic mass is 19.1. The number of carboxylic acid groups (broad SMARTS) is 1. The Morgan fingerprint density at radius 3 is 2.65 bits per heavy atom. The van der Waals surface area contributed by atoms with Gasteiger partial charge < -0.3 is 19.1 Å². The molecule has 0 saturated heterocycles. The molecule has 0 spiro atoms. The minimum absolute atomic E-state index is 0.0323. The summed E-state index contributed by atoms with van der Waals surface area (Å²) in [7, 11) is 2.83. The first-order valence-corrected chi connectivity index (χ1v) is 10.5. The molecule has 7 nitrogen and oxygen atoms in total. The number of halogens is 3. The van der Waals surface area contributed by atoms with E-state index in [1.165, 1.54) is 38.6 Å². The fourth-order valence-electron chi connectivity index (χ4n) is 4.54. The van der Waals surface area contributed by atoms with Crippen molar-refractivity contribution in [3.63, 3.8) is 0 Å². The van der Waals surface area contributed by atoms with Gasteiger partial charge in [-0.3, -0.25) is 5.10 Å². The van der Waals surface area contributed by atoms with Crippen LogP contribution in [0.3, 0.4) is 0 Å². The number of ether oxygens (including phenoxy) is 2. The number of rotatable bonds is 8. The van der Waals surface area contributed by atoms with Crippen LogP contribution in [-0.4, -0.2) is 52.8 Å². The normalized spacial score (nSPS) is 13.0. The summed E-state index contributed by atoms with van der Waals surface area (Å²) in [4.78, 5) is 11.4. The average molecular weight is 475 g/mol. The summed E-state index contributed by atoms with van der Waals surface area (Å²) >= 11 is 0. The SMILES string of the molecule is COCC(C)(C)c1c(C[C@@H](F)C(=O)O)c2c(F)c3[nH]ncc3cc2n1-c1ccc(F)c(OC)c1. The maximum Gasteiger partial charge on any atom is 0.338 e. The average Bonchev–Trinajstić information content (AvgIpc) is 3.38. The van der Waals surface area contributed by atoms with Crippen LogP contribution in [0.5, 0.6) is 5.75 Å². The molecule has 10 heteroatoms. The number of nitrogens with one attached hydrogen (secondary N) is 1. The zero-order chi connectivity index (χ0) is 24.8. The van der Waals surface area contributed by atoms with Gasteiger partial charge in [0.15, 0.2) is 17.4 Å². The fourth-order valence-corrected chi connectivity index (χ4v) is 4.54. The largest absolute Gasteiger partial charge is 0.494 e. The van der Waals surface area contributed by atoms with Crippen LogP contribution in [0.2, 0.25) is 0 Å². The van der Waals surface area contributed by atoms with Gasteiger partial charge in [-0.1, -0.05) is 13.8 Å². The van der Waals surface area contributed by atoms with Gasteiger partial charge in [0.1, 0.15) is 5.52 Å². The Morgan fingerprint density at radius 2 is 2.00 bits per heavy atom. The van der Waals surface area contributed by atoms with Crippen LogP contribution in [0.25, 0.3) is 27.5 Å². The monoisotopic (exact) mass is 475 g/mol. The van der Waals surface area contributed by atoms with Crippen molar-refractivity contribution in [2.75, 3.05) is 20.8 Å². The van der Waals surface area contributed by atoms with Gasteiger partial charge in [0.2, 0.25) is 6.17 Å². The van der Waals surface area contributed by atoms with Crippen LogP contribution in [-0.2, 0) is 21.4 Å². The quantitative estimate of drug-likeness (QED) is 0.386. The molecule has 2 heterocycles. The Morgan fingerprint density at radius 1 is 1.26 bits per heavy atom. The van der Waals surface area contributed by atoms with Crippen LogP contribution in [0.15, 0.2) is 30.5 Å². The van der Waals surface area contributed by atoms with E-state index in [0.717, 1.165) is 0 Å². The zero-order valence-corrected chi connectivity index (χ0v) is 19.1. The maximum atomic E-state index is 15.8. The highest BCUT2D eigenvalue weighted by Gasteiger charge is 2.35. The number of carbonyl (C=O) groups is 1. The summed E-state index contributed by atoms with van der Waals surface area (Å²) in [5.74, 6) is -2.95. The van der Waals surface area contributed by atoms with Gasteiger partial charge in [-0.2, -0.15) is 5.10 Å². The molecule has 0 radical (unpaired) electrons. The van der Waals surface area contributed by atoms with Gasteiger partial charge >= 0.3 is 5.97 Å². The molecule has 2 aromatic heterocycles. The molecule has 0 fully saturated rings. The molecule has 0 unspecified atom stereocenters. The van der Waals surface area contributed by atoms with Crippen LogP contribution in [0.1, 0.15) is 25.1 Å². The van der Waals surface area contributed by atoms with Gasteiger partial charge in [0.25, 0.3) is 0 Å². The molecule has 4 rings (SSSR count). The number of benzene rings is 2. The molecule has 2 aromatic carbocycles. The first-order valence-electron chi connectivity index (χ1n) is 10.5. The Kier molecular flexibility index (Phi) is 6.03. The highest BCUT2D eigenvalue weighted by molar-refractivity contribution is 6.00. The highest BCUT2D eigenvalue weighted by Crippen LogP contribution is 2.41. The second-order valence-corrected chi connectivity index (χ2v) is 8.73. The molecular weight excluding hydrogens is 451 g/mol. The molecule has 0 aliphatic carbocycles. The van der Waals surface area contributed by atoms with Crippen molar-refractivity contribution in [3.8, 4) is 11.4 Å². The molecule has 0 aliphatic rings. The van der Waals surface area contributed by atoms with Crippen LogP contribution in [0.4, 0.5) is 13.2 Å². The first-order chi connectivity index (χ1) is 16.1. The minimum atomic E-state index is -2.27. The summed E-state index contributed by atoms with van der Waals surface area (Å²) in [5.41, 5.74) is 0.713. The maximum absolute atomic E-state index is 15.8. The lowest BCUT2D eigenvalue weighted by molar-refractivity contribution is -0.142. The van der Waals surface area contributed by atoms with E-state index in [4.69, 9.17) is 9.47 Å². The number of hydrogen-bond donors (Lipinski definition) is 2. The smallest absolute Gasteiger partial charge is 0.338 e. The van der Waals surface area contributed by atoms with Gasteiger partial charge in [-0.15, -0.1) is 0 Å². The number of hydrogen-bond acceptors (Lipinski definition) is 4. The number of nitrogens with zero attached hydrogens (tertiary/aromatic N) is 2. The number of H-pyrrole nitrogens is 1. The lowest BCUT2D eigenvalue weighted by Gasteiger charge is -2.28. The van der Waals surface area contributed by atoms with Gasteiger partial charge in [-0.05, 0) is 23.8 Å². The first kappa shape index (κ1) is 23.6. The van der Waals surface area contributed by atoms with Crippen molar-refractivity contribution >= 4 is 27.8 Å². The van der Waals surface area contributed by atoms with E-state index in [-0.39, 0.29) is 28.8 Å². The summed E-state index contributed by atoms with van der Waals surface area (Å²) in [6.07, 6.45) is -1.39. The molecule has 0 aliphatic heterocycles. The van der Waals surface area contributed by atoms with Crippen molar-refractivity contribution in [2.45, 2.75) is 31.9 Å². The summed E-state index contributed by atoms with van der Waals surface area (Å²) in [6.45, 7) is 3.81. The van der Waals surface area contributed by atoms with E-state index in [9.17, 15) is 18.7 Å². The van der Waals surface area contributed by atoms with E-state index in [1.54, 1.807) is 10.6 Å². The van der Waals surface area contributed by atoms with Gasteiger partial charge in [-0.25, -0.2) is 18.0 Å². The standard InChI is InChI=1S/C24H24F3N3O4/c1-24(2,11-33-3)22-14(9-16(26)23(31)32)19-17(7-12-10-28-29-21(12)20(19)27)30(22)13-5-6-15(25)18(8-13)34-4/h5-8,10,16H,9,11H2,1-4H3,(H,28,29)(H,31,32)/t16-/m1/s1. The molecular formula is C24H24F3N3O4.